The largest absolute Gasteiger partial charge is 0.454 e. The first-order chi connectivity index (χ1) is 14.5. The molecule has 5 nitrogen and oxygen atoms in total. The molecule has 6 heteroatoms. The van der Waals surface area contributed by atoms with E-state index in [1.165, 1.54) is 0 Å². The first-order valence-electron chi connectivity index (χ1n) is 9.92. The second kappa shape index (κ2) is 7.03. The molecule has 2 heterocycles. The minimum Gasteiger partial charge on any atom is -0.454 e. The monoisotopic (exact) mass is 420 g/mol. The maximum atomic E-state index is 13.2. The van der Waals surface area contributed by atoms with Crippen molar-refractivity contribution in [1.82, 2.24) is 4.98 Å². The Bertz CT molecular complexity index is 1150. The molecule has 1 N–H and O–H groups in total. The molecule has 2 aromatic carbocycles. The molecule has 1 aromatic heterocycles. The zero-order valence-corrected chi connectivity index (χ0v) is 17.5. The molecule has 152 valence electrons. The summed E-state index contributed by atoms with van der Waals surface area (Å²) in [7, 11) is 0. The number of carbonyl (C=O) groups excluding carboxylic acids is 1. The van der Waals surface area contributed by atoms with Crippen LogP contribution >= 0.6 is 11.6 Å². The van der Waals surface area contributed by atoms with Crippen LogP contribution in [0.5, 0.6) is 11.5 Å². The van der Waals surface area contributed by atoms with Crippen molar-refractivity contribution in [2.45, 2.75) is 32.1 Å². The Labute approximate surface area is 180 Å². The lowest BCUT2D eigenvalue weighted by Crippen LogP contribution is -2.28. The zero-order chi connectivity index (χ0) is 20.9. The van der Waals surface area contributed by atoms with Gasteiger partial charge in [0.05, 0.1) is 5.41 Å². The first kappa shape index (κ1) is 18.9. The van der Waals surface area contributed by atoms with Crippen molar-refractivity contribution in [3.05, 3.63) is 70.4 Å². The Morgan fingerprint density at radius 2 is 1.77 bits per heavy atom. The molecular weight excluding hydrogens is 400 g/mol. The topological polar surface area (TPSA) is 60.5 Å². The van der Waals surface area contributed by atoms with E-state index in [0.717, 1.165) is 46.4 Å². The Morgan fingerprint density at radius 1 is 1.03 bits per heavy atom. The van der Waals surface area contributed by atoms with E-state index >= 15 is 0 Å². The van der Waals surface area contributed by atoms with Crippen LogP contribution in [0.3, 0.4) is 0 Å². The molecule has 1 aliphatic carbocycles. The van der Waals surface area contributed by atoms with Gasteiger partial charge in [0, 0.05) is 16.8 Å². The number of nitrogens with one attached hydrogen (secondary N) is 1. The summed E-state index contributed by atoms with van der Waals surface area (Å²) in [6.07, 6.45) is 3.42. The van der Waals surface area contributed by atoms with Crippen molar-refractivity contribution < 1.29 is 14.3 Å². The maximum absolute atomic E-state index is 13.2. The van der Waals surface area contributed by atoms with Gasteiger partial charge in [0.2, 0.25) is 12.7 Å². The third-order valence-electron chi connectivity index (χ3n) is 6.14. The summed E-state index contributed by atoms with van der Waals surface area (Å²) < 4.78 is 10.9. The van der Waals surface area contributed by atoms with E-state index in [0.29, 0.717) is 16.6 Å². The number of nitrogens with zero attached hydrogens (tertiary/aromatic N) is 1. The molecule has 30 heavy (non-hydrogen) atoms. The molecular formula is C24H21ClN2O3. The van der Waals surface area contributed by atoms with E-state index in [2.05, 4.69) is 10.3 Å². The summed E-state index contributed by atoms with van der Waals surface area (Å²) >= 11 is 6.01. The standard InChI is InChI=1S/C24H21ClN2O3/c1-14-15(2)22(26-12-19(14)16-3-6-18(25)7-4-16)27-23(28)24(9-10-24)17-5-8-20-21(11-17)30-13-29-20/h3-8,11-12H,9-10,13H2,1-2H3,(H,26,27,28). The van der Waals surface area contributed by atoms with Crippen LogP contribution in [0.25, 0.3) is 11.1 Å². The lowest BCUT2D eigenvalue weighted by Gasteiger charge is -2.18. The summed E-state index contributed by atoms with van der Waals surface area (Å²) in [6.45, 7) is 4.25. The van der Waals surface area contributed by atoms with Crippen LogP contribution in [0.4, 0.5) is 5.82 Å². The number of pyridine rings is 1. The molecule has 1 aliphatic heterocycles. The van der Waals surface area contributed by atoms with E-state index in [-0.39, 0.29) is 12.7 Å². The molecule has 0 atom stereocenters. The summed E-state index contributed by atoms with van der Waals surface area (Å²) in [4.78, 5) is 17.8. The highest BCUT2D eigenvalue weighted by molar-refractivity contribution is 6.30. The summed E-state index contributed by atoms with van der Waals surface area (Å²) in [5.74, 6) is 1.99. The predicted octanol–water partition coefficient (Wildman–Crippen LogP) is 5.42. The molecule has 0 unspecified atom stereocenters. The van der Waals surface area contributed by atoms with E-state index in [1.54, 1.807) is 6.20 Å². The number of halogens is 1. The molecule has 1 fully saturated rings. The highest BCUT2D eigenvalue weighted by Crippen LogP contribution is 2.51. The molecule has 1 amide bonds. The van der Waals surface area contributed by atoms with Gasteiger partial charge >= 0.3 is 0 Å². The third-order valence-corrected chi connectivity index (χ3v) is 6.39. The Hall–Kier alpha value is -3.05. The molecule has 0 spiro atoms. The lowest BCUT2D eigenvalue weighted by molar-refractivity contribution is -0.118. The summed E-state index contributed by atoms with van der Waals surface area (Å²) in [5.41, 5.74) is 4.53. The van der Waals surface area contributed by atoms with Gasteiger partial charge in [0.1, 0.15) is 5.82 Å². The Morgan fingerprint density at radius 3 is 2.50 bits per heavy atom. The van der Waals surface area contributed by atoms with Crippen molar-refractivity contribution in [1.29, 1.82) is 0 Å². The van der Waals surface area contributed by atoms with E-state index in [9.17, 15) is 4.79 Å². The number of aromatic nitrogens is 1. The van der Waals surface area contributed by atoms with Crippen LogP contribution < -0.4 is 14.8 Å². The highest BCUT2D eigenvalue weighted by Gasteiger charge is 2.52. The number of rotatable bonds is 4. The van der Waals surface area contributed by atoms with Crippen molar-refractivity contribution in [3.63, 3.8) is 0 Å². The average Bonchev–Trinajstić information content (AvgIpc) is 3.43. The minimum atomic E-state index is -0.530. The van der Waals surface area contributed by atoms with Gasteiger partial charge in [-0.15, -0.1) is 0 Å². The molecule has 5 rings (SSSR count). The molecule has 0 saturated heterocycles. The lowest BCUT2D eigenvalue weighted by atomic mass is 9.94. The van der Waals surface area contributed by atoms with E-state index in [4.69, 9.17) is 21.1 Å². The van der Waals surface area contributed by atoms with Crippen molar-refractivity contribution in [2.24, 2.45) is 0 Å². The second-order valence-electron chi connectivity index (χ2n) is 7.88. The fourth-order valence-corrected chi connectivity index (χ4v) is 4.07. The van der Waals surface area contributed by atoms with Gasteiger partial charge in [0.15, 0.2) is 11.5 Å². The Balaban J connectivity index is 1.41. The van der Waals surface area contributed by atoms with Crippen molar-refractivity contribution in [2.75, 3.05) is 12.1 Å². The molecule has 0 radical (unpaired) electrons. The smallest absolute Gasteiger partial charge is 0.236 e. The van der Waals surface area contributed by atoms with Gasteiger partial charge < -0.3 is 14.8 Å². The second-order valence-corrected chi connectivity index (χ2v) is 8.32. The normalized spacial score (nSPS) is 15.7. The predicted molar refractivity (Wildman–Crippen MR) is 116 cm³/mol. The quantitative estimate of drug-likeness (QED) is 0.612. The highest BCUT2D eigenvalue weighted by atomic mass is 35.5. The molecule has 3 aromatic rings. The van der Waals surface area contributed by atoms with Gasteiger partial charge in [-0.25, -0.2) is 4.98 Å². The minimum absolute atomic E-state index is 0.0318. The van der Waals surface area contributed by atoms with Gasteiger partial charge in [-0.1, -0.05) is 29.8 Å². The van der Waals surface area contributed by atoms with Gasteiger partial charge in [-0.05, 0) is 73.2 Å². The maximum Gasteiger partial charge on any atom is 0.236 e. The van der Waals surface area contributed by atoms with Crippen LogP contribution in [-0.2, 0) is 10.2 Å². The van der Waals surface area contributed by atoms with Gasteiger partial charge in [-0.2, -0.15) is 0 Å². The Kier molecular flexibility index (Phi) is 4.44. The number of hydrogen-bond acceptors (Lipinski definition) is 4. The first-order valence-corrected chi connectivity index (χ1v) is 10.3. The van der Waals surface area contributed by atoms with E-state index in [1.807, 2.05) is 56.3 Å². The fraction of sp³-hybridized carbons (Fsp3) is 0.250. The van der Waals surface area contributed by atoms with Crippen LogP contribution in [0.1, 0.15) is 29.5 Å². The van der Waals surface area contributed by atoms with Crippen LogP contribution in [-0.4, -0.2) is 17.7 Å². The number of carbonyl (C=O) groups is 1. The number of benzene rings is 2. The molecule has 0 bridgehead atoms. The van der Waals surface area contributed by atoms with Gasteiger partial charge in [0.25, 0.3) is 0 Å². The van der Waals surface area contributed by atoms with Gasteiger partial charge in [-0.3, -0.25) is 4.79 Å². The zero-order valence-electron chi connectivity index (χ0n) is 16.8. The van der Waals surface area contributed by atoms with Crippen molar-refractivity contribution >= 4 is 23.3 Å². The number of fused-ring (bicyclic) bond motifs is 1. The number of amides is 1. The van der Waals surface area contributed by atoms with Crippen LogP contribution in [0.2, 0.25) is 5.02 Å². The number of hydrogen-bond donors (Lipinski definition) is 1. The summed E-state index contributed by atoms with van der Waals surface area (Å²) in [5, 5.41) is 3.76. The SMILES string of the molecule is Cc1c(-c2ccc(Cl)cc2)cnc(NC(=O)C2(c3ccc4c(c3)OCO4)CC2)c1C. The summed E-state index contributed by atoms with van der Waals surface area (Å²) in [6, 6.07) is 13.4. The molecule has 2 aliphatic rings. The fourth-order valence-electron chi connectivity index (χ4n) is 3.94. The third kappa shape index (κ3) is 3.10. The average molecular weight is 421 g/mol. The van der Waals surface area contributed by atoms with E-state index < -0.39 is 5.41 Å². The molecule has 1 saturated carbocycles. The number of ether oxygens (including phenoxy) is 2. The number of anilines is 1. The van der Waals surface area contributed by atoms with Crippen LogP contribution in [0.15, 0.2) is 48.7 Å². The van der Waals surface area contributed by atoms with Crippen molar-refractivity contribution in [3.8, 4) is 22.6 Å². The van der Waals surface area contributed by atoms with Crippen LogP contribution in [0, 0.1) is 13.8 Å².